The van der Waals surface area contributed by atoms with Crippen LogP contribution in [0, 0.1) is 5.92 Å². The average Bonchev–Trinajstić information content (AvgIpc) is 3.06. The molecular weight excluding hydrogens is 397 g/mol. The molecule has 2 heterocycles. The number of guanidine groups is 1. The van der Waals surface area contributed by atoms with Gasteiger partial charge in [0, 0.05) is 64.3 Å². The molecule has 0 aromatic carbocycles. The van der Waals surface area contributed by atoms with Crippen LogP contribution in [0.3, 0.4) is 0 Å². The molecule has 10 heteroatoms. The van der Waals surface area contributed by atoms with E-state index in [1.54, 1.807) is 0 Å². The van der Waals surface area contributed by atoms with Gasteiger partial charge < -0.3 is 15.5 Å². The SMILES string of the molecule is CCNC(=NCCN1CCN(C(=O)C2CCC2)CC1)NC1CCN(CC(F)(F)F)C1. The number of rotatable bonds is 7. The van der Waals surface area contributed by atoms with Gasteiger partial charge in [0.15, 0.2) is 5.96 Å². The Balaban J connectivity index is 1.37. The summed E-state index contributed by atoms with van der Waals surface area (Å²) in [5.41, 5.74) is 0. The molecule has 0 aromatic heterocycles. The third-order valence-electron chi connectivity index (χ3n) is 6.18. The first-order chi connectivity index (χ1) is 14.3. The van der Waals surface area contributed by atoms with Crippen molar-refractivity contribution in [2.75, 3.05) is 65.4 Å². The Labute approximate surface area is 177 Å². The number of carbonyl (C=O) groups is 1. The van der Waals surface area contributed by atoms with E-state index in [0.29, 0.717) is 44.5 Å². The summed E-state index contributed by atoms with van der Waals surface area (Å²) in [5.74, 6) is 1.25. The van der Waals surface area contributed by atoms with Crippen molar-refractivity contribution in [3.8, 4) is 0 Å². The normalized spacial score (nSPS) is 24.7. The fraction of sp³-hybridized carbons (Fsp3) is 0.900. The zero-order valence-electron chi connectivity index (χ0n) is 17.9. The summed E-state index contributed by atoms with van der Waals surface area (Å²) in [7, 11) is 0. The first kappa shape index (κ1) is 23.1. The monoisotopic (exact) mass is 432 g/mol. The molecule has 1 saturated carbocycles. The molecule has 1 atom stereocenters. The highest BCUT2D eigenvalue weighted by Gasteiger charge is 2.34. The lowest BCUT2D eigenvalue weighted by molar-refractivity contribution is -0.143. The topological polar surface area (TPSA) is 63.2 Å². The van der Waals surface area contributed by atoms with Gasteiger partial charge in [-0.3, -0.25) is 19.6 Å². The molecule has 0 radical (unpaired) electrons. The molecule has 7 nitrogen and oxygen atoms in total. The number of nitrogens with zero attached hydrogens (tertiary/aromatic N) is 4. The van der Waals surface area contributed by atoms with E-state index in [1.807, 2.05) is 11.8 Å². The van der Waals surface area contributed by atoms with Crippen LogP contribution < -0.4 is 10.6 Å². The van der Waals surface area contributed by atoms with Gasteiger partial charge in [-0.15, -0.1) is 0 Å². The summed E-state index contributed by atoms with van der Waals surface area (Å²) < 4.78 is 37.7. The van der Waals surface area contributed by atoms with Crippen LogP contribution in [0.4, 0.5) is 13.2 Å². The Morgan fingerprint density at radius 3 is 2.40 bits per heavy atom. The highest BCUT2D eigenvalue weighted by molar-refractivity contribution is 5.80. The highest BCUT2D eigenvalue weighted by atomic mass is 19.4. The van der Waals surface area contributed by atoms with E-state index in [4.69, 9.17) is 0 Å². The predicted molar refractivity (Wildman–Crippen MR) is 110 cm³/mol. The number of alkyl halides is 3. The van der Waals surface area contributed by atoms with E-state index < -0.39 is 12.7 Å². The minimum atomic E-state index is -4.15. The van der Waals surface area contributed by atoms with Gasteiger partial charge in [0.2, 0.25) is 5.91 Å². The maximum absolute atomic E-state index is 12.6. The zero-order valence-corrected chi connectivity index (χ0v) is 17.9. The minimum Gasteiger partial charge on any atom is -0.357 e. The van der Waals surface area contributed by atoms with Crippen LogP contribution in [0.25, 0.3) is 0 Å². The van der Waals surface area contributed by atoms with Gasteiger partial charge >= 0.3 is 6.18 Å². The van der Waals surface area contributed by atoms with Gasteiger partial charge in [0.1, 0.15) is 0 Å². The molecule has 2 aliphatic heterocycles. The van der Waals surface area contributed by atoms with E-state index in [-0.39, 0.29) is 12.0 Å². The Morgan fingerprint density at radius 1 is 1.07 bits per heavy atom. The van der Waals surface area contributed by atoms with Gasteiger partial charge in [0.05, 0.1) is 13.1 Å². The summed E-state index contributed by atoms with van der Waals surface area (Å²) in [6.07, 6.45) is -0.207. The van der Waals surface area contributed by atoms with Gasteiger partial charge in [-0.1, -0.05) is 6.42 Å². The Kier molecular flexibility index (Phi) is 8.21. The van der Waals surface area contributed by atoms with Crippen molar-refractivity contribution in [1.29, 1.82) is 0 Å². The second kappa shape index (κ2) is 10.7. The fourth-order valence-electron chi connectivity index (χ4n) is 4.27. The molecular formula is C20H35F3N6O. The number of halogens is 3. The highest BCUT2D eigenvalue weighted by Crippen LogP contribution is 2.28. The molecule has 2 N–H and O–H groups in total. The number of piperazine rings is 1. The maximum Gasteiger partial charge on any atom is 0.401 e. The van der Waals surface area contributed by atoms with E-state index in [2.05, 4.69) is 20.5 Å². The number of aliphatic imine (C=N–C) groups is 1. The van der Waals surface area contributed by atoms with E-state index >= 15 is 0 Å². The van der Waals surface area contributed by atoms with Crippen LogP contribution >= 0.6 is 0 Å². The second-order valence-corrected chi connectivity index (χ2v) is 8.54. The lowest BCUT2D eigenvalue weighted by atomic mass is 9.84. The summed E-state index contributed by atoms with van der Waals surface area (Å²) in [6.45, 7) is 7.38. The molecule has 3 rings (SSSR count). The quantitative estimate of drug-likeness (QED) is 0.466. The van der Waals surface area contributed by atoms with E-state index in [9.17, 15) is 18.0 Å². The van der Waals surface area contributed by atoms with Crippen molar-refractivity contribution >= 4 is 11.9 Å². The van der Waals surface area contributed by atoms with E-state index in [1.165, 1.54) is 11.3 Å². The number of nitrogens with one attached hydrogen (secondary N) is 2. The van der Waals surface area contributed by atoms with Crippen LogP contribution in [0.2, 0.25) is 0 Å². The third-order valence-corrected chi connectivity index (χ3v) is 6.18. The summed E-state index contributed by atoms with van der Waals surface area (Å²) in [6, 6.07) is -0.0220. The minimum absolute atomic E-state index is 0.0220. The lowest BCUT2D eigenvalue weighted by Crippen LogP contribution is -2.51. The van der Waals surface area contributed by atoms with Crippen molar-refractivity contribution in [2.24, 2.45) is 10.9 Å². The predicted octanol–water partition coefficient (Wildman–Crippen LogP) is 1.12. The van der Waals surface area contributed by atoms with Gasteiger partial charge in [-0.2, -0.15) is 13.2 Å². The molecule has 0 spiro atoms. The molecule has 1 amide bonds. The van der Waals surface area contributed by atoms with Gasteiger partial charge in [-0.25, -0.2) is 0 Å². The number of carbonyl (C=O) groups excluding carboxylic acids is 1. The summed E-state index contributed by atoms with van der Waals surface area (Å²) in [5, 5.41) is 6.46. The average molecular weight is 433 g/mol. The van der Waals surface area contributed by atoms with Crippen molar-refractivity contribution in [3.05, 3.63) is 0 Å². The van der Waals surface area contributed by atoms with Crippen molar-refractivity contribution in [3.63, 3.8) is 0 Å². The molecule has 172 valence electrons. The molecule has 1 aliphatic carbocycles. The van der Waals surface area contributed by atoms with Gasteiger partial charge in [-0.05, 0) is 26.2 Å². The molecule has 2 saturated heterocycles. The largest absolute Gasteiger partial charge is 0.401 e. The number of hydrogen-bond donors (Lipinski definition) is 2. The molecule has 3 fully saturated rings. The van der Waals surface area contributed by atoms with Crippen LogP contribution in [0.5, 0.6) is 0 Å². The molecule has 3 aliphatic rings. The molecule has 30 heavy (non-hydrogen) atoms. The molecule has 0 aromatic rings. The smallest absolute Gasteiger partial charge is 0.357 e. The van der Waals surface area contributed by atoms with Crippen LogP contribution in [-0.2, 0) is 4.79 Å². The standard InChI is InChI=1S/C20H35F3N6O/c1-2-24-19(26-17-6-8-28(14-17)15-20(21,22)23)25-7-9-27-10-12-29(13-11-27)18(30)16-4-3-5-16/h16-17H,2-15H2,1H3,(H2,24,25,26). The number of amides is 1. The molecule has 0 bridgehead atoms. The fourth-order valence-corrected chi connectivity index (χ4v) is 4.27. The van der Waals surface area contributed by atoms with Crippen LogP contribution in [-0.4, -0.2) is 104 Å². The zero-order chi connectivity index (χ0) is 21.6. The first-order valence-electron chi connectivity index (χ1n) is 11.2. The molecule has 1 unspecified atom stereocenters. The number of hydrogen-bond acceptors (Lipinski definition) is 4. The second-order valence-electron chi connectivity index (χ2n) is 8.54. The van der Waals surface area contributed by atoms with Crippen molar-refractivity contribution < 1.29 is 18.0 Å². The summed E-state index contributed by atoms with van der Waals surface area (Å²) >= 11 is 0. The first-order valence-corrected chi connectivity index (χ1v) is 11.2. The van der Waals surface area contributed by atoms with Crippen molar-refractivity contribution in [2.45, 2.75) is 44.8 Å². The summed E-state index contributed by atoms with van der Waals surface area (Å²) in [4.78, 5) is 22.7. The van der Waals surface area contributed by atoms with Crippen LogP contribution in [0.15, 0.2) is 4.99 Å². The lowest BCUT2D eigenvalue weighted by Gasteiger charge is -2.38. The van der Waals surface area contributed by atoms with Gasteiger partial charge in [0.25, 0.3) is 0 Å². The Bertz CT molecular complexity index is 588. The maximum atomic E-state index is 12.6. The third kappa shape index (κ3) is 7.01. The van der Waals surface area contributed by atoms with E-state index in [0.717, 1.165) is 45.6 Å². The number of likely N-dealkylation sites (tertiary alicyclic amines) is 1. The Morgan fingerprint density at radius 2 is 1.80 bits per heavy atom. The Hall–Kier alpha value is -1.55. The van der Waals surface area contributed by atoms with Crippen LogP contribution in [0.1, 0.15) is 32.6 Å². The van der Waals surface area contributed by atoms with Crippen molar-refractivity contribution in [1.82, 2.24) is 25.3 Å².